The minimum atomic E-state index is -4.74. The molecule has 0 amide bonds. The molecule has 0 aliphatic rings. The van der Waals surface area contributed by atoms with Gasteiger partial charge in [-0.1, -0.05) is 56.2 Å². The summed E-state index contributed by atoms with van der Waals surface area (Å²) in [6.45, 7) is 0.521. The van der Waals surface area contributed by atoms with Crippen molar-refractivity contribution in [3.8, 4) is 33.8 Å². The molecule has 0 heterocycles. The lowest BCUT2D eigenvalue weighted by atomic mass is 9.97. The molecule has 0 fully saturated rings. The SMILES string of the molecule is CCCCCc1ccc(-c2ccc(-c3cc(F)c(C(F)(F)Oc4cc(F)c(OCF)c(F)c4)c(F)c3)c(F)c2)cc1. The van der Waals surface area contributed by atoms with Crippen molar-refractivity contribution in [1.82, 2.24) is 0 Å². The van der Waals surface area contributed by atoms with E-state index in [1.54, 1.807) is 0 Å². The third-order valence-corrected chi connectivity index (χ3v) is 6.39. The fourth-order valence-corrected chi connectivity index (χ4v) is 4.37. The van der Waals surface area contributed by atoms with Gasteiger partial charge in [-0.3, -0.25) is 0 Å². The van der Waals surface area contributed by atoms with Crippen molar-refractivity contribution in [3.05, 3.63) is 107 Å². The van der Waals surface area contributed by atoms with E-state index in [1.165, 1.54) is 18.2 Å². The van der Waals surface area contributed by atoms with E-state index in [0.29, 0.717) is 17.7 Å². The molecule has 216 valence electrons. The van der Waals surface area contributed by atoms with Gasteiger partial charge in [0.25, 0.3) is 0 Å². The van der Waals surface area contributed by atoms with E-state index < -0.39 is 59.1 Å². The topological polar surface area (TPSA) is 18.5 Å². The van der Waals surface area contributed by atoms with Crippen LogP contribution in [0, 0.1) is 29.1 Å². The van der Waals surface area contributed by atoms with E-state index in [1.807, 2.05) is 24.3 Å². The molecular weight excluding hydrogens is 556 g/mol. The smallest absolute Gasteiger partial charge is 0.432 e. The summed E-state index contributed by atoms with van der Waals surface area (Å²) in [7, 11) is 0. The average molecular weight is 581 g/mol. The van der Waals surface area contributed by atoms with E-state index >= 15 is 4.39 Å². The van der Waals surface area contributed by atoms with Crippen LogP contribution in [0.25, 0.3) is 22.3 Å². The van der Waals surface area contributed by atoms with E-state index in [0.717, 1.165) is 36.8 Å². The van der Waals surface area contributed by atoms with Gasteiger partial charge in [0.2, 0.25) is 6.86 Å². The first-order valence-corrected chi connectivity index (χ1v) is 12.7. The number of unbranched alkanes of at least 4 members (excludes halogenated alkanes) is 2. The summed E-state index contributed by atoms with van der Waals surface area (Å²) in [5, 5.41) is 0. The molecular formula is C31H24F8O2. The number of benzene rings is 4. The largest absolute Gasteiger partial charge is 0.457 e. The normalized spacial score (nSPS) is 11.5. The Labute approximate surface area is 231 Å². The van der Waals surface area contributed by atoms with Crippen molar-refractivity contribution in [2.75, 3.05) is 6.86 Å². The fourth-order valence-electron chi connectivity index (χ4n) is 4.37. The molecule has 0 N–H and O–H groups in total. The fraction of sp³-hybridized carbons (Fsp3) is 0.226. The molecule has 0 atom stereocenters. The van der Waals surface area contributed by atoms with Crippen molar-refractivity contribution in [2.45, 2.75) is 38.7 Å². The van der Waals surface area contributed by atoms with Crippen LogP contribution in [0.4, 0.5) is 35.1 Å². The van der Waals surface area contributed by atoms with Gasteiger partial charge in [0, 0.05) is 17.7 Å². The number of hydrogen-bond acceptors (Lipinski definition) is 2. The van der Waals surface area contributed by atoms with Crippen molar-refractivity contribution < 1.29 is 44.6 Å². The highest BCUT2D eigenvalue weighted by atomic mass is 19.3. The zero-order chi connectivity index (χ0) is 29.7. The van der Waals surface area contributed by atoms with Gasteiger partial charge in [-0.05, 0) is 53.3 Å². The van der Waals surface area contributed by atoms with Gasteiger partial charge in [-0.25, -0.2) is 26.3 Å². The first kappa shape index (κ1) is 29.9. The zero-order valence-corrected chi connectivity index (χ0v) is 21.7. The van der Waals surface area contributed by atoms with Crippen LogP contribution >= 0.6 is 0 Å². The molecule has 0 radical (unpaired) electrons. The average Bonchev–Trinajstić information content (AvgIpc) is 2.90. The number of hydrogen-bond donors (Lipinski definition) is 0. The summed E-state index contributed by atoms with van der Waals surface area (Å²) in [4.78, 5) is 0. The molecule has 0 saturated heterocycles. The summed E-state index contributed by atoms with van der Waals surface area (Å²) in [5.74, 6) is -9.90. The molecule has 0 aliphatic heterocycles. The van der Waals surface area contributed by atoms with E-state index in [4.69, 9.17) is 0 Å². The summed E-state index contributed by atoms with van der Waals surface area (Å²) in [5.41, 5.74) is -0.0974. The lowest BCUT2D eigenvalue weighted by Gasteiger charge is -2.20. The third-order valence-electron chi connectivity index (χ3n) is 6.39. The van der Waals surface area contributed by atoms with Crippen LogP contribution in [0.5, 0.6) is 11.5 Å². The Morgan fingerprint density at radius 2 is 1.24 bits per heavy atom. The van der Waals surface area contributed by atoms with Crippen LogP contribution in [0.3, 0.4) is 0 Å². The van der Waals surface area contributed by atoms with Crippen LogP contribution in [-0.4, -0.2) is 6.86 Å². The minimum Gasteiger partial charge on any atom is -0.457 e. The van der Waals surface area contributed by atoms with Crippen LogP contribution in [0.1, 0.15) is 37.3 Å². The van der Waals surface area contributed by atoms with Gasteiger partial charge < -0.3 is 9.47 Å². The van der Waals surface area contributed by atoms with Gasteiger partial charge in [0.05, 0.1) is 0 Å². The van der Waals surface area contributed by atoms with Gasteiger partial charge in [0.15, 0.2) is 17.4 Å². The third kappa shape index (κ3) is 6.81. The Kier molecular flexibility index (Phi) is 9.20. The summed E-state index contributed by atoms with van der Waals surface area (Å²) in [6.07, 6.45) is -0.530. The predicted octanol–water partition coefficient (Wildman–Crippen LogP) is 9.88. The number of ether oxygens (including phenoxy) is 2. The molecule has 4 aromatic carbocycles. The molecule has 0 aliphatic carbocycles. The van der Waals surface area contributed by atoms with Gasteiger partial charge >= 0.3 is 6.11 Å². The van der Waals surface area contributed by atoms with Crippen LogP contribution < -0.4 is 9.47 Å². The molecule has 0 bridgehead atoms. The van der Waals surface area contributed by atoms with Crippen LogP contribution in [0.15, 0.2) is 66.7 Å². The van der Waals surface area contributed by atoms with Crippen LogP contribution in [0.2, 0.25) is 0 Å². The first-order valence-electron chi connectivity index (χ1n) is 12.7. The Bertz CT molecular complexity index is 1470. The lowest BCUT2D eigenvalue weighted by molar-refractivity contribution is -0.189. The second-order valence-corrected chi connectivity index (χ2v) is 9.25. The molecule has 0 unspecified atom stereocenters. The van der Waals surface area contributed by atoms with Gasteiger partial charge in [0.1, 0.15) is 28.8 Å². The molecule has 0 aromatic heterocycles. The van der Waals surface area contributed by atoms with Crippen molar-refractivity contribution in [3.63, 3.8) is 0 Å². The number of halogens is 8. The Morgan fingerprint density at radius 1 is 0.659 bits per heavy atom. The molecule has 0 saturated carbocycles. The number of rotatable bonds is 11. The number of alkyl halides is 3. The molecule has 2 nitrogen and oxygen atoms in total. The van der Waals surface area contributed by atoms with Gasteiger partial charge in [-0.15, -0.1) is 0 Å². The lowest BCUT2D eigenvalue weighted by Crippen LogP contribution is -2.25. The summed E-state index contributed by atoms with van der Waals surface area (Å²) in [6, 6.07) is 13.0. The van der Waals surface area contributed by atoms with Gasteiger partial charge in [-0.2, -0.15) is 8.78 Å². The summed E-state index contributed by atoms with van der Waals surface area (Å²) >= 11 is 0. The monoisotopic (exact) mass is 580 g/mol. The molecule has 0 spiro atoms. The second-order valence-electron chi connectivity index (χ2n) is 9.25. The molecule has 10 heteroatoms. The number of aryl methyl sites for hydroxylation is 1. The maximum atomic E-state index is 15.0. The molecule has 4 rings (SSSR count). The zero-order valence-electron chi connectivity index (χ0n) is 21.7. The van der Waals surface area contributed by atoms with Crippen molar-refractivity contribution in [1.29, 1.82) is 0 Å². The van der Waals surface area contributed by atoms with Crippen molar-refractivity contribution in [2.24, 2.45) is 0 Å². The Morgan fingerprint density at radius 3 is 1.80 bits per heavy atom. The highest BCUT2D eigenvalue weighted by Crippen LogP contribution is 2.39. The molecule has 4 aromatic rings. The first-order chi connectivity index (χ1) is 19.5. The van der Waals surface area contributed by atoms with Crippen molar-refractivity contribution >= 4 is 0 Å². The highest BCUT2D eigenvalue weighted by molar-refractivity contribution is 5.71. The van der Waals surface area contributed by atoms with Crippen LogP contribution in [-0.2, 0) is 12.5 Å². The highest BCUT2D eigenvalue weighted by Gasteiger charge is 2.41. The van der Waals surface area contributed by atoms with E-state index in [2.05, 4.69) is 16.4 Å². The maximum absolute atomic E-state index is 15.0. The second kappa shape index (κ2) is 12.6. The standard InChI is InChI=1S/C31H24F8O2/c1-2-3-4-5-18-6-8-19(9-7-18)20-10-11-23(24(33)12-20)21-13-25(34)29(26(35)14-21)31(38,39)41-22-15-27(36)30(40-17-32)28(37)16-22/h6-16H,2-5,17H2,1H3. The quantitative estimate of drug-likeness (QED) is 0.130. The van der Waals surface area contributed by atoms with E-state index in [9.17, 15) is 30.7 Å². The predicted molar refractivity (Wildman–Crippen MR) is 138 cm³/mol. The Hall–Kier alpha value is -4.08. The maximum Gasteiger partial charge on any atom is 0.432 e. The summed E-state index contributed by atoms with van der Waals surface area (Å²) < 4.78 is 122. The van der Waals surface area contributed by atoms with E-state index in [-0.39, 0.29) is 23.3 Å². The Balaban J connectivity index is 1.57. The molecule has 41 heavy (non-hydrogen) atoms. The minimum absolute atomic E-state index is 0.239.